The highest BCUT2D eigenvalue weighted by atomic mass is 16.5. The number of aliphatic hydroxyl groups is 2. The molecule has 0 amide bonds. The summed E-state index contributed by atoms with van der Waals surface area (Å²) >= 11 is 0. The summed E-state index contributed by atoms with van der Waals surface area (Å²) in [6, 6.07) is 0. The summed E-state index contributed by atoms with van der Waals surface area (Å²) in [4.78, 5) is 0. The fraction of sp³-hybridized carbons (Fsp3) is 1.00. The van der Waals surface area contributed by atoms with E-state index in [1.807, 2.05) is 0 Å². The Hall–Kier alpha value is -0.160. The highest BCUT2D eigenvalue weighted by molar-refractivity contribution is 4.80. The minimum Gasteiger partial charge on any atom is -0.394 e. The molecule has 1 fully saturated rings. The molecule has 0 radical (unpaired) electrons. The van der Waals surface area contributed by atoms with Crippen molar-refractivity contribution < 1.29 is 14.9 Å². The third-order valence-electron chi connectivity index (χ3n) is 1.55. The Morgan fingerprint density at radius 2 is 2.30 bits per heavy atom. The molecule has 3 N–H and O–H groups in total. The van der Waals surface area contributed by atoms with Crippen LogP contribution in [0, 0.1) is 0 Å². The van der Waals surface area contributed by atoms with Crippen molar-refractivity contribution in [2.45, 2.75) is 12.2 Å². The lowest BCUT2D eigenvalue weighted by molar-refractivity contribution is -0.0206. The van der Waals surface area contributed by atoms with E-state index in [1.54, 1.807) is 0 Å². The van der Waals surface area contributed by atoms with Gasteiger partial charge in [-0.05, 0) is 0 Å². The van der Waals surface area contributed by atoms with Crippen LogP contribution < -0.4 is 5.32 Å². The van der Waals surface area contributed by atoms with Crippen LogP contribution in [-0.2, 0) is 4.74 Å². The van der Waals surface area contributed by atoms with Crippen LogP contribution in [0.5, 0.6) is 0 Å². The standard InChI is InChI=1S/C6H13NO3/c8-1-2-10-6-4-7-3-5(6)9/h5-9H,1-4H2/t5-,6-/m1/s1. The minimum absolute atomic E-state index is 0.0171. The molecule has 1 rings (SSSR count). The maximum absolute atomic E-state index is 9.15. The van der Waals surface area contributed by atoms with Crippen LogP contribution in [0.1, 0.15) is 0 Å². The lowest BCUT2D eigenvalue weighted by Crippen LogP contribution is -2.27. The summed E-state index contributed by atoms with van der Waals surface area (Å²) in [5.74, 6) is 0. The number of hydrogen-bond acceptors (Lipinski definition) is 4. The molecule has 4 heteroatoms. The lowest BCUT2D eigenvalue weighted by Gasteiger charge is -2.12. The molecule has 10 heavy (non-hydrogen) atoms. The maximum Gasteiger partial charge on any atom is 0.0971 e. The minimum atomic E-state index is -0.411. The van der Waals surface area contributed by atoms with E-state index in [-0.39, 0.29) is 12.7 Å². The summed E-state index contributed by atoms with van der Waals surface area (Å²) in [6.07, 6.45) is -0.543. The van der Waals surface area contributed by atoms with Gasteiger partial charge in [-0.1, -0.05) is 0 Å². The Kier molecular flexibility index (Phi) is 3.08. The first-order valence-electron chi connectivity index (χ1n) is 3.46. The van der Waals surface area contributed by atoms with Gasteiger partial charge in [0.1, 0.15) is 0 Å². The van der Waals surface area contributed by atoms with Crippen LogP contribution >= 0.6 is 0 Å². The van der Waals surface area contributed by atoms with Gasteiger partial charge in [0, 0.05) is 13.1 Å². The number of ether oxygens (including phenoxy) is 1. The summed E-state index contributed by atoms with van der Waals surface area (Å²) in [5.41, 5.74) is 0. The van der Waals surface area contributed by atoms with E-state index >= 15 is 0 Å². The van der Waals surface area contributed by atoms with Gasteiger partial charge in [0.2, 0.25) is 0 Å². The average molecular weight is 147 g/mol. The third kappa shape index (κ3) is 1.91. The van der Waals surface area contributed by atoms with Gasteiger partial charge in [-0.2, -0.15) is 0 Å². The Morgan fingerprint density at radius 1 is 1.50 bits per heavy atom. The number of hydrogen-bond donors (Lipinski definition) is 3. The third-order valence-corrected chi connectivity index (χ3v) is 1.55. The second-order valence-corrected chi connectivity index (χ2v) is 2.36. The summed E-state index contributed by atoms with van der Waals surface area (Å²) < 4.78 is 5.10. The molecular weight excluding hydrogens is 134 g/mol. The van der Waals surface area contributed by atoms with Gasteiger partial charge in [0.15, 0.2) is 0 Å². The maximum atomic E-state index is 9.15. The molecule has 0 aromatic rings. The zero-order valence-corrected chi connectivity index (χ0v) is 5.79. The van der Waals surface area contributed by atoms with Gasteiger partial charge >= 0.3 is 0 Å². The van der Waals surface area contributed by atoms with Crippen molar-refractivity contribution in [3.8, 4) is 0 Å². The molecule has 1 saturated heterocycles. The Balaban J connectivity index is 2.14. The van der Waals surface area contributed by atoms with E-state index in [0.717, 1.165) is 0 Å². The van der Waals surface area contributed by atoms with Gasteiger partial charge in [0.25, 0.3) is 0 Å². The molecule has 0 aromatic heterocycles. The van der Waals surface area contributed by atoms with E-state index in [0.29, 0.717) is 19.7 Å². The van der Waals surface area contributed by atoms with Crippen LogP contribution in [0.2, 0.25) is 0 Å². The molecule has 2 atom stereocenters. The molecule has 4 nitrogen and oxygen atoms in total. The van der Waals surface area contributed by atoms with Crippen molar-refractivity contribution in [2.75, 3.05) is 26.3 Å². The predicted octanol–water partition coefficient (Wildman–Crippen LogP) is -1.67. The molecule has 0 bridgehead atoms. The van der Waals surface area contributed by atoms with E-state index in [9.17, 15) is 0 Å². The fourth-order valence-corrected chi connectivity index (χ4v) is 1.02. The van der Waals surface area contributed by atoms with Crippen molar-refractivity contribution in [1.82, 2.24) is 5.32 Å². The molecule has 0 aliphatic carbocycles. The summed E-state index contributed by atoms with van der Waals surface area (Å²) in [6.45, 7) is 1.60. The SMILES string of the molecule is OCCO[C@@H]1CNC[C@H]1O. The van der Waals surface area contributed by atoms with Gasteiger partial charge in [-0.3, -0.25) is 0 Å². The molecule has 0 saturated carbocycles. The smallest absolute Gasteiger partial charge is 0.0971 e. The Labute approximate surface area is 59.8 Å². The van der Waals surface area contributed by atoms with Gasteiger partial charge in [-0.25, -0.2) is 0 Å². The number of aliphatic hydroxyl groups excluding tert-OH is 2. The van der Waals surface area contributed by atoms with E-state index in [4.69, 9.17) is 14.9 Å². The summed E-state index contributed by atoms with van der Waals surface area (Å²) in [5, 5.41) is 20.5. The van der Waals surface area contributed by atoms with E-state index in [1.165, 1.54) is 0 Å². The van der Waals surface area contributed by atoms with Crippen LogP contribution in [0.25, 0.3) is 0 Å². The molecule has 1 aliphatic heterocycles. The monoisotopic (exact) mass is 147 g/mol. The predicted molar refractivity (Wildman–Crippen MR) is 35.7 cm³/mol. The second-order valence-electron chi connectivity index (χ2n) is 2.36. The number of nitrogens with one attached hydrogen (secondary N) is 1. The van der Waals surface area contributed by atoms with Crippen molar-refractivity contribution in [1.29, 1.82) is 0 Å². The quantitative estimate of drug-likeness (QED) is 0.446. The van der Waals surface area contributed by atoms with Crippen LogP contribution in [0.15, 0.2) is 0 Å². The Bertz CT molecular complexity index is 99.0. The molecule has 0 spiro atoms. The topological polar surface area (TPSA) is 61.7 Å². The lowest BCUT2D eigenvalue weighted by atomic mass is 10.3. The second kappa shape index (κ2) is 3.88. The first kappa shape index (κ1) is 7.94. The zero-order chi connectivity index (χ0) is 7.40. The van der Waals surface area contributed by atoms with Crippen LogP contribution in [-0.4, -0.2) is 48.7 Å². The first-order chi connectivity index (χ1) is 4.84. The van der Waals surface area contributed by atoms with Crippen LogP contribution in [0.4, 0.5) is 0 Å². The fourth-order valence-electron chi connectivity index (χ4n) is 1.02. The molecule has 1 aliphatic rings. The van der Waals surface area contributed by atoms with Crippen molar-refractivity contribution in [3.63, 3.8) is 0 Å². The number of rotatable bonds is 3. The summed E-state index contributed by atoms with van der Waals surface area (Å²) in [7, 11) is 0. The van der Waals surface area contributed by atoms with E-state index < -0.39 is 6.10 Å². The first-order valence-corrected chi connectivity index (χ1v) is 3.46. The molecule has 0 aromatic carbocycles. The van der Waals surface area contributed by atoms with Crippen LogP contribution in [0.3, 0.4) is 0 Å². The highest BCUT2D eigenvalue weighted by Crippen LogP contribution is 2.03. The largest absolute Gasteiger partial charge is 0.394 e. The molecule has 1 heterocycles. The van der Waals surface area contributed by atoms with Gasteiger partial charge in [0.05, 0.1) is 25.4 Å². The molecule has 0 unspecified atom stereocenters. The molecule has 60 valence electrons. The van der Waals surface area contributed by atoms with E-state index in [2.05, 4.69) is 5.32 Å². The van der Waals surface area contributed by atoms with Crippen molar-refractivity contribution in [2.24, 2.45) is 0 Å². The average Bonchev–Trinajstić information content (AvgIpc) is 2.31. The molecular formula is C6H13NO3. The highest BCUT2D eigenvalue weighted by Gasteiger charge is 2.24. The zero-order valence-electron chi connectivity index (χ0n) is 5.79. The van der Waals surface area contributed by atoms with Crippen molar-refractivity contribution >= 4 is 0 Å². The normalized spacial score (nSPS) is 33.0. The van der Waals surface area contributed by atoms with Crippen molar-refractivity contribution in [3.05, 3.63) is 0 Å². The van der Waals surface area contributed by atoms with Gasteiger partial charge in [-0.15, -0.1) is 0 Å². The number of β-amino-alcohol motifs (C(OH)–C–C–N with tert-alkyl or cyclic N) is 1. The van der Waals surface area contributed by atoms with Gasteiger partial charge < -0.3 is 20.3 Å². The Morgan fingerprint density at radius 3 is 2.80 bits per heavy atom.